The molecule has 1 heterocycles. The topological polar surface area (TPSA) is 61.3 Å². The van der Waals surface area contributed by atoms with Crippen molar-refractivity contribution in [3.05, 3.63) is 17.5 Å². The first-order valence-electron chi connectivity index (χ1n) is 3.92. The minimum atomic E-state index is 0.263. The Kier molecular flexibility index (Phi) is 3.25. The van der Waals surface area contributed by atoms with Crippen LogP contribution in [0.15, 0.2) is 10.6 Å². The third kappa shape index (κ3) is 2.06. The van der Waals surface area contributed by atoms with E-state index in [4.69, 9.17) is 15.0 Å². The Hall–Kier alpha value is -0.870. The Bertz CT molecular complexity index is 235. The zero-order valence-corrected chi connectivity index (χ0v) is 7.41. The maximum absolute atomic E-state index is 5.37. The van der Waals surface area contributed by atoms with Crippen LogP contribution >= 0.6 is 0 Å². The molecule has 4 heteroatoms. The van der Waals surface area contributed by atoms with Gasteiger partial charge in [0.1, 0.15) is 0 Å². The van der Waals surface area contributed by atoms with E-state index in [2.05, 4.69) is 5.16 Å². The molecular formula is C8H14N2O2. The Balaban J connectivity index is 2.61. The zero-order chi connectivity index (χ0) is 8.97. The van der Waals surface area contributed by atoms with Crippen LogP contribution < -0.4 is 5.73 Å². The quantitative estimate of drug-likeness (QED) is 0.728. The lowest BCUT2D eigenvalue weighted by atomic mass is 10.1. The standard InChI is InChI=1S/C8H14N2O2/c1-6(5-11-2)8-3-7(4-9)12-10-8/h3,6H,4-5,9H2,1-2H3. The monoisotopic (exact) mass is 170 g/mol. The van der Waals surface area contributed by atoms with Gasteiger partial charge >= 0.3 is 0 Å². The van der Waals surface area contributed by atoms with Crippen molar-refractivity contribution >= 4 is 0 Å². The number of aromatic nitrogens is 1. The Morgan fingerprint density at radius 3 is 3.00 bits per heavy atom. The molecule has 0 aliphatic heterocycles. The molecule has 0 amide bonds. The molecule has 4 nitrogen and oxygen atoms in total. The highest BCUT2D eigenvalue weighted by Crippen LogP contribution is 2.14. The molecule has 2 N–H and O–H groups in total. The van der Waals surface area contributed by atoms with Gasteiger partial charge in [0, 0.05) is 19.1 Å². The molecule has 0 saturated heterocycles. The van der Waals surface area contributed by atoms with Crippen molar-refractivity contribution in [3.63, 3.8) is 0 Å². The van der Waals surface area contributed by atoms with Crippen molar-refractivity contribution in [1.29, 1.82) is 0 Å². The van der Waals surface area contributed by atoms with Gasteiger partial charge in [-0.05, 0) is 0 Å². The first kappa shape index (κ1) is 9.22. The van der Waals surface area contributed by atoms with Gasteiger partial charge in [0.15, 0.2) is 5.76 Å². The number of ether oxygens (including phenoxy) is 1. The largest absolute Gasteiger partial charge is 0.384 e. The molecule has 1 aromatic rings. The van der Waals surface area contributed by atoms with Crippen LogP contribution in [0.3, 0.4) is 0 Å². The lowest BCUT2D eigenvalue weighted by Crippen LogP contribution is -2.01. The van der Waals surface area contributed by atoms with E-state index in [1.807, 2.05) is 13.0 Å². The van der Waals surface area contributed by atoms with E-state index in [1.165, 1.54) is 0 Å². The number of nitrogens with two attached hydrogens (primary N) is 1. The summed E-state index contributed by atoms with van der Waals surface area (Å²) in [6, 6.07) is 1.86. The molecule has 68 valence electrons. The zero-order valence-electron chi connectivity index (χ0n) is 7.41. The minimum Gasteiger partial charge on any atom is -0.384 e. The molecule has 0 radical (unpaired) electrons. The van der Waals surface area contributed by atoms with E-state index >= 15 is 0 Å². The molecule has 0 bridgehead atoms. The van der Waals surface area contributed by atoms with Gasteiger partial charge in [0.2, 0.25) is 0 Å². The second kappa shape index (κ2) is 4.23. The average molecular weight is 170 g/mol. The van der Waals surface area contributed by atoms with Crippen LogP contribution in [0.5, 0.6) is 0 Å². The summed E-state index contributed by atoms with van der Waals surface area (Å²) in [5, 5.41) is 3.87. The van der Waals surface area contributed by atoms with Gasteiger partial charge in [0.05, 0.1) is 18.8 Å². The van der Waals surface area contributed by atoms with Crippen molar-refractivity contribution in [2.24, 2.45) is 5.73 Å². The Morgan fingerprint density at radius 2 is 2.50 bits per heavy atom. The molecule has 0 fully saturated rings. The molecule has 1 rings (SSSR count). The third-order valence-corrected chi connectivity index (χ3v) is 1.70. The third-order valence-electron chi connectivity index (χ3n) is 1.70. The maximum Gasteiger partial charge on any atom is 0.150 e. The van der Waals surface area contributed by atoms with Crippen LogP contribution in [0.2, 0.25) is 0 Å². The number of rotatable bonds is 4. The summed E-state index contributed by atoms with van der Waals surface area (Å²) < 4.78 is 9.94. The van der Waals surface area contributed by atoms with Crippen LogP contribution in [0.4, 0.5) is 0 Å². The molecule has 1 aromatic heterocycles. The molecule has 1 atom stereocenters. The Labute approximate surface area is 71.7 Å². The molecule has 0 aliphatic rings. The van der Waals surface area contributed by atoms with Crippen LogP contribution in [-0.2, 0) is 11.3 Å². The molecule has 0 aromatic carbocycles. The minimum absolute atomic E-state index is 0.263. The van der Waals surface area contributed by atoms with E-state index in [0.29, 0.717) is 18.9 Å². The van der Waals surface area contributed by atoms with Gasteiger partial charge < -0.3 is 15.0 Å². The first-order chi connectivity index (χ1) is 5.77. The van der Waals surface area contributed by atoms with Gasteiger partial charge in [0.25, 0.3) is 0 Å². The van der Waals surface area contributed by atoms with Crippen molar-refractivity contribution in [2.45, 2.75) is 19.4 Å². The highest BCUT2D eigenvalue weighted by Gasteiger charge is 2.10. The summed E-state index contributed by atoms with van der Waals surface area (Å²) in [6.07, 6.45) is 0. The molecular weight excluding hydrogens is 156 g/mol. The van der Waals surface area contributed by atoms with Crippen LogP contribution in [0.1, 0.15) is 24.3 Å². The average Bonchev–Trinajstić information content (AvgIpc) is 2.52. The summed E-state index contributed by atoms with van der Waals surface area (Å²) in [6.45, 7) is 3.07. The van der Waals surface area contributed by atoms with E-state index in [1.54, 1.807) is 7.11 Å². The fraction of sp³-hybridized carbons (Fsp3) is 0.625. The summed E-state index contributed by atoms with van der Waals surface area (Å²) in [5.41, 5.74) is 6.27. The summed E-state index contributed by atoms with van der Waals surface area (Å²) >= 11 is 0. The molecule has 12 heavy (non-hydrogen) atoms. The normalized spacial score (nSPS) is 13.2. The van der Waals surface area contributed by atoms with E-state index in [-0.39, 0.29) is 5.92 Å². The van der Waals surface area contributed by atoms with Crippen LogP contribution in [0.25, 0.3) is 0 Å². The first-order valence-corrected chi connectivity index (χ1v) is 3.92. The highest BCUT2D eigenvalue weighted by molar-refractivity contribution is 5.09. The molecule has 1 unspecified atom stereocenters. The summed E-state index contributed by atoms with van der Waals surface area (Å²) in [5.74, 6) is 0.979. The van der Waals surface area contributed by atoms with Gasteiger partial charge in [-0.2, -0.15) is 0 Å². The van der Waals surface area contributed by atoms with Crippen LogP contribution in [-0.4, -0.2) is 18.9 Å². The van der Waals surface area contributed by atoms with Crippen molar-refractivity contribution in [3.8, 4) is 0 Å². The predicted molar refractivity (Wildman–Crippen MR) is 44.7 cm³/mol. The second-order valence-electron chi connectivity index (χ2n) is 2.78. The Morgan fingerprint density at radius 1 is 1.75 bits per heavy atom. The van der Waals surface area contributed by atoms with Crippen molar-refractivity contribution in [1.82, 2.24) is 5.16 Å². The number of hydrogen-bond acceptors (Lipinski definition) is 4. The summed E-state index contributed by atoms with van der Waals surface area (Å²) in [7, 11) is 1.67. The fourth-order valence-electron chi connectivity index (χ4n) is 0.993. The number of hydrogen-bond donors (Lipinski definition) is 1. The van der Waals surface area contributed by atoms with Crippen molar-refractivity contribution < 1.29 is 9.26 Å². The SMILES string of the molecule is COCC(C)c1cc(CN)on1. The van der Waals surface area contributed by atoms with Gasteiger partial charge in [-0.3, -0.25) is 0 Å². The van der Waals surface area contributed by atoms with Gasteiger partial charge in [-0.15, -0.1) is 0 Å². The predicted octanol–water partition coefficient (Wildman–Crippen LogP) is 0.883. The maximum atomic E-state index is 5.37. The lowest BCUT2D eigenvalue weighted by Gasteiger charge is -2.03. The fourth-order valence-corrected chi connectivity index (χ4v) is 0.993. The summed E-state index contributed by atoms with van der Waals surface area (Å²) in [4.78, 5) is 0. The smallest absolute Gasteiger partial charge is 0.150 e. The van der Waals surface area contributed by atoms with Gasteiger partial charge in [-0.1, -0.05) is 12.1 Å². The highest BCUT2D eigenvalue weighted by atomic mass is 16.5. The van der Waals surface area contributed by atoms with Crippen LogP contribution in [0, 0.1) is 0 Å². The van der Waals surface area contributed by atoms with E-state index in [0.717, 1.165) is 5.69 Å². The van der Waals surface area contributed by atoms with E-state index < -0.39 is 0 Å². The molecule has 0 spiro atoms. The molecule has 0 aliphatic carbocycles. The molecule has 0 saturated carbocycles. The lowest BCUT2D eigenvalue weighted by molar-refractivity contribution is 0.181. The number of methoxy groups -OCH3 is 1. The second-order valence-corrected chi connectivity index (χ2v) is 2.78. The van der Waals surface area contributed by atoms with Crippen molar-refractivity contribution in [2.75, 3.05) is 13.7 Å². The van der Waals surface area contributed by atoms with Gasteiger partial charge in [-0.25, -0.2) is 0 Å². The number of nitrogens with zero attached hydrogens (tertiary/aromatic N) is 1. The van der Waals surface area contributed by atoms with E-state index in [9.17, 15) is 0 Å².